The summed E-state index contributed by atoms with van der Waals surface area (Å²) in [7, 11) is -3.73. The molecule has 2 rings (SSSR count). The van der Waals surface area contributed by atoms with E-state index in [4.69, 9.17) is 9.26 Å². The van der Waals surface area contributed by atoms with Crippen molar-refractivity contribution in [3.05, 3.63) is 11.5 Å². The Morgan fingerprint density at radius 2 is 1.86 bits per heavy atom. The van der Waals surface area contributed by atoms with Crippen molar-refractivity contribution in [1.82, 2.24) is 20.1 Å². The molecule has 0 aromatic carbocycles. The van der Waals surface area contributed by atoms with Gasteiger partial charge in [0.1, 0.15) is 16.2 Å². The van der Waals surface area contributed by atoms with Gasteiger partial charge in [0.25, 0.3) is 0 Å². The Labute approximate surface area is 171 Å². The van der Waals surface area contributed by atoms with E-state index in [2.05, 4.69) is 15.2 Å². The largest absolute Gasteiger partial charge is 0.444 e. The number of sulfonamides is 1. The number of likely N-dealkylation sites (tertiary alicyclic amines) is 1. The molecule has 0 atom stereocenters. The lowest BCUT2D eigenvalue weighted by molar-refractivity contribution is -0.132. The van der Waals surface area contributed by atoms with E-state index in [1.807, 2.05) is 0 Å². The first kappa shape index (κ1) is 23.1. The van der Waals surface area contributed by atoms with Crippen LogP contribution < -0.4 is 10.0 Å². The highest BCUT2D eigenvalue weighted by molar-refractivity contribution is 7.89. The first-order valence-corrected chi connectivity index (χ1v) is 11.1. The third-order valence-corrected chi connectivity index (χ3v) is 6.18. The maximum Gasteiger partial charge on any atom is 0.407 e. The fourth-order valence-electron chi connectivity index (χ4n) is 3.13. The summed E-state index contributed by atoms with van der Waals surface area (Å²) in [6.45, 7) is 9.51. The summed E-state index contributed by atoms with van der Waals surface area (Å²) < 4.78 is 37.9. The zero-order valence-corrected chi connectivity index (χ0v) is 18.4. The standard InChI is InChI=1S/C18H30N4O6S/c1-12-16(13(2)28-20-12)29(25,26)21-14-7-10-22(11-8-14)15(23)6-9-19-17(24)27-18(3,4)5/h14,21H,6-11H2,1-5H3,(H,19,24). The predicted octanol–water partition coefficient (Wildman–Crippen LogP) is 1.48. The third kappa shape index (κ3) is 6.70. The van der Waals surface area contributed by atoms with Crippen LogP contribution in [0.4, 0.5) is 4.79 Å². The third-order valence-electron chi connectivity index (χ3n) is 4.41. The molecule has 2 amide bonds. The molecule has 0 bridgehead atoms. The van der Waals surface area contributed by atoms with E-state index in [1.165, 1.54) is 0 Å². The Morgan fingerprint density at radius 3 is 2.38 bits per heavy atom. The van der Waals surface area contributed by atoms with Gasteiger partial charge >= 0.3 is 6.09 Å². The molecule has 2 heterocycles. The molecule has 1 aromatic heterocycles. The van der Waals surface area contributed by atoms with Crippen molar-refractivity contribution < 1.29 is 27.3 Å². The van der Waals surface area contributed by atoms with Gasteiger partial charge in [-0.05, 0) is 47.5 Å². The molecule has 11 heteroatoms. The Hall–Kier alpha value is -2.14. The average Bonchev–Trinajstić information content (AvgIpc) is 2.92. The second kappa shape index (κ2) is 9.12. The highest BCUT2D eigenvalue weighted by Gasteiger charge is 2.30. The van der Waals surface area contributed by atoms with Crippen LogP contribution in [-0.2, 0) is 19.6 Å². The lowest BCUT2D eigenvalue weighted by Gasteiger charge is -2.32. The van der Waals surface area contributed by atoms with Gasteiger partial charge < -0.3 is 19.5 Å². The Bertz CT molecular complexity index is 816. The van der Waals surface area contributed by atoms with Crippen LogP contribution >= 0.6 is 0 Å². The molecule has 164 valence electrons. The number of hydrogen-bond acceptors (Lipinski definition) is 7. The van der Waals surface area contributed by atoms with Gasteiger partial charge in [0.15, 0.2) is 5.76 Å². The maximum absolute atomic E-state index is 12.6. The van der Waals surface area contributed by atoms with Crippen molar-refractivity contribution in [2.75, 3.05) is 19.6 Å². The predicted molar refractivity (Wildman–Crippen MR) is 105 cm³/mol. The molecule has 0 radical (unpaired) electrons. The van der Waals surface area contributed by atoms with E-state index < -0.39 is 21.7 Å². The highest BCUT2D eigenvalue weighted by Crippen LogP contribution is 2.21. The number of rotatable bonds is 6. The number of nitrogens with one attached hydrogen (secondary N) is 2. The molecule has 2 N–H and O–H groups in total. The fourth-order valence-corrected chi connectivity index (χ4v) is 4.76. The first-order chi connectivity index (χ1) is 13.4. The van der Waals surface area contributed by atoms with Crippen LogP contribution in [0.25, 0.3) is 0 Å². The number of hydrogen-bond donors (Lipinski definition) is 2. The molecule has 0 saturated carbocycles. The van der Waals surface area contributed by atoms with Gasteiger partial charge in [-0.2, -0.15) is 0 Å². The number of amides is 2. The van der Waals surface area contributed by atoms with E-state index in [-0.39, 0.29) is 35.6 Å². The molecule has 1 aliphatic rings. The number of alkyl carbamates (subject to hydrolysis) is 1. The number of aromatic nitrogens is 1. The normalized spacial score (nSPS) is 16.0. The number of ether oxygens (including phenoxy) is 1. The molecule has 1 aromatic rings. The van der Waals surface area contributed by atoms with Crippen LogP contribution in [0.2, 0.25) is 0 Å². The number of piperidine rings is 1. The van der Waals surface area contributed by atoms with E-state index in [0.717, 1.165) is 0 Å². The molecule has 1 saturated heterocycles. The number of carbonyl (C=O) groups excluding carboxylic acids is 2. The van der Waals surface area contributed by atoms with Crippen LogP contribution in [0.15, 0.2) is 9.42 Å². The maximum atomic E-state index is 12.6. The van der Waals surface area contributed by atoms with Crippen LogP contribution in [-0.4, -0.2) is 61.8 Å². The molecule has 0 unspecified atom stereocenters. The quantitative estimate of drug-likeness (QED) is 0.699. The van der Waals surface area contributed by atoms with Crippen LogP contribution in [0.3, 0.4) is 0 Å². The van der Waals surface area contributed by atoms with Crippen LogP contribution in [0, 0.1) is 13.8 Å². The van der Waals surface area contributed by atoms with Crippen molar-refractivity contribution in [3.8, 4) is 0 Å². The molecular formula is C18H30N4O6S. The Kier molecular flexibility index (Phi) is 7.28. The summed E-state index contributed by atoms with van der Waals surface area (Å²) in [6, 6.07) is -0.266. The Morgan fingerprint density at radius 1 is 1.24 bits per heavy atom. The zero-order valence-electron chi connectivity index (χ0n) is 17.6. The molecule has 10 nitrogen and oxygen atoms in total. The molecular weight excluding hydrogens is 400 g/mol. The Balaban J connectivity index is 1.77. The van der Waals surface area contributed by atoms with Gasteiger partial charge in [-0.25, -0.2) is 17.9 Å². The monoisotopic (exact) mass is 430 g/mol. The minimum atomic E-state index is -3.73. The van der Waals surface area contributed by atoms with E-state index >= 15 is 0 Å². The lowest BCUT2D eigenvalue weighted by Crippen LogP contribution is -2.47. The van der Waals surface area contributed by atoms with Crippen molar-refractivity contribution in [1.29, 1.82) is 0 Å². The summed E-state index contributed by atoms with van der Waals surface area (Å²) >= 11 is 0. The van der Waals surface area contributed by atoms with E-state index in [1.54, 1.807) is 39.5 Å². The minimum absolute atomic E-state index is 0.0734. The summed E-state index contributed by atoms with van der Waals surface area (Å²) in [5, 5.41) is 6.25. The van der Waals surface area contributed by atoms with Crippen molar-refractivity contribution >= 4 is 22.0 Å². The van der Waals surface area contributed by atoms with E-state index in [0.29, 0.717) is 31.6 Å². The molecule has 1 aliphatic heterocycles. The number of nitrogens with zero attached hydrogens (tertiary/aromatic N) is 2. The van der Waals surface area contributed by atoms with Crippen molar-refractivity contribution in [2.24, 2.45) is 0 Å². The highest BCUT2D eigenvalue weighted by atomic mass is 32.2. The van der Waals surface area contributed by atoms with Gasteiger partial charge in [-0.3, -0.25) is 4.79 Å². The summed E-state index contributed by atoms with van der Waals surface area (Å²) in [5.74, 6) is 0.160. The van der Waals surface area contributed by atoms with Crippen molar-refractivity contribution in [2.45, 2.75) is 70.4 Å². The fraction of sp³-hybridized carbons (Fsp3) is 0.722. The number of aryl methyl sites for hydroxylation is 2. The minimum Gasteiger partial charge on any atom is -0.444 e. The van der Waals surface area contributed by atoms with Gasteiger partial charge in [-0.1, -0.05) is 5.16 Å². The summed E-state index contributed by atoms with van der Waals surface area (Å²) in [5.41, 5.74) is -0.271. The van der Waals surface area contributed by atoms with Gasteiger partial charge in [0.2, 0.25) is 15.9 Å². The lowest BCUT2D eigenvalue weighted by atomic mass is 10.1. The van der Waals surface area contributed by atoms with E-state index in [9.17, 15) is 18.0 Å². The topological polar surface area (TPSA) is 131 Å². The zero-order chi connectivity index (χ0) is 21.8. The SMILES string of the molecule is Cc1noc(C)c1S(=O)(=O)NC1CCN(C(=O)CCNC(=O)OC(C)(C)C)CC1. The summed E-state index contributed by atoms with van der Waals surface area (Å²) in [4.78, 5) is 25.7. The van der Waals surface area contributed by atoms with Gasteiger partial charge in [-0.15, -0.1) is 0 Å². The van der Waals surface area contributed by atoms with Crippen LogP contribution in [0.5, 0.6) is 0 Å². The summed E-state index contributed by atoms with van der Waals surface area (Å²) in [6.07, 6.45) is 0.619. The molecule has 0 spiro atoms. The first-order valence-electron chi connectivity index (χ1n) is 9.59. The number of carbonyl (C=O) groups is 2. The van der Waals surface area contributed by atoms with Crippen LogP contribution in [0.1, 0.15) is 51.5 Å². The van der Waals surface area contributed by atoms with Gasteiger partial charge in [0.05, 0.1) is 0 Å². The molecule has 1 fully saturated rings. The second-order valence-corrected chi connectivity index (χ2v) is 9.76. The second-order valence-electron chi connectivity index (χ2n) is 8.11. The van der Waals surface area contributed by atoms with Gasteiger partial charge in [0, 0.05) is 32.1 Å². The van der Waals surface area contributed by atoms with Crippen molar-refractivity contribution in [3.63, 3.8) is 0 Å². The average molecular weight is 431 g/mol. The smallest absolute Gasteiger partial charge is 0.407 e. The molecule has 0 aliphatic carbocycles. The molecule has 29 heavy (non-hydrogen) atoms.